The third-order valence-electron chi connectivity index (χ3n) is 4.89. The molecule has 0 atom stereocenters. The Morgan fingerprint density at radius 2 is 2.14 bits per heavy atom. The summed E-state index contributed by atoms with van der Waals surface area (Å²) in [6.07, 6.45) is 8.68. The van der Waals surface area contributed by atoms with Crippen LogP contribution >= 0.6 is 11.6 Å². The molecule has 29 heavy (non-hydrogen) atoms. The lowest BCUT2D eigenvalue weighted by molar-refractivity contribution is 0.0947. The number of hydrogen-bond acceptors (Lipinski definition) is 4. The Hall–Kier alpha value is -3.39. The fraction of sp³-hybridized carbons (Fsp3) is 0.150. The minimum Gasteiger partial charge on any atom is -0.396 e. The molecule has 5 rings (SSSR count). The van der Waals surface area contributed by atoms with E-state index in [-0.39, 0.29) is 16.6 Å². The summed E-state index contributed by atoms with van der Waals surface area (Å²) >= 11 is 6.27. The van der Waals surface area contributed by atoms with Crippen molar-refractivity contribution in [3.05, 3.63) is 65.5 Å². The molecular weight excluding hydrogens is 395 g/mol. The van der Waals surface area contributed by atoms with Crippen LogP contribution in [-0.4, -0.2) is 31.1 Å². The summed E-state index contributed by atoms with van der Waals surface area (Å²) in [6.45, 7) is 0. The van der Waals surface area contributed by atoms with Crippen molar-refractivity contribution < 1.29 is 9.18 Å². The molecule has 1 amide bonds. The van der Waals surface area contributed by atoms with Gasteiger partial charge in [-0.05, 0) is 37.1 Å². The van der Waals surface area contributed by atoms with Crippen molar-refractivity contribution in [2.24, 2.45) is 0 Å². The lowest BCUT2D eigenvalue weighted by Crippen LogP contribution is -2.26. The highest BCUT2D eigenvalue weighted by Gasteiger charge is 2.26. The van der Waals surface area contributed by atoms with Crippen LogP contribution in [-0.2, 0) is 0 Å². The van der Waals surface area contributed by atoms with Gasteiger partial charge in [0.1, 0.15) is 5.82 Å². The average Bonchev–Trinajstić information content (AvgIpc) is 3.19. The highest BCUT2D eigenvalue weighted by atomic mass is 35.5. The number of carbonyl (C=O) groups is 1. The number of hydrogen-bond donors (Lipinski definition) is 2. The number of amides is 1. The highest BCUT2D eigenvalue weighted by molar-refractivity contribution is 6.33. The zero-order chi connectivity index (χ0) is 20.1. The molecular formula is C20H16ClFN6O. The molecule has 3 aromatic heterocycles. The van der Waals surface area contributed by atoms with Crippen molar-refractivity contribution in [2.75, 3.05) is 5.73 Å². The second-order valence-electron chi connectivity index (χ2n) is 7.01. The molecule has 1 saturated carbocycles. The van der Waals surface area contributed by atoms with E-state index in [1.54, 1.807) is 29.3 Å². The van der Waals surface area contributed by atoms with E-state index < -0.39 is 11.7 Å². The molecule has 146 valence electrons. The van der Waals surface area contributed by atoms with E-state index in [4.69, 9.17) is 17.3 Å². The van der Waals surface area contributed by atoms with Crippen LogP contribution in [0.25, 0.3) is 22.6 Å². The van der Waals surface area contributed by atoms with Crippen LogP contribution in [0.3, 0.4) is 0 Å². The first-order valence-electron chi connectivity index (χ1n) is 9.08. The third kappa shape index (κ3) is 3.11. The van der Waals surface area contributed by atoms with Gasteiger partial charge in [0, 0.05) is 29.6 Å². The Morgan fingerprint density at radius 3 is 2.93 bits per heavy atom. The highest BCUT2D eigenvalue weighted by Crippen LogP contribution is 2.31. The maximum atomic E-state index is 14.3. The first-order chi connectivity index (χ1) is 14.0. The maximum Gasteiger partial charge on any atom is 0.254 e. The number of benzene rings is 1. The number of nitrogens with two attached hydrogens (primary N) is 1. The molecule has 0 aliphatic heterocycles. The molecule has 0 unspecified atom stereocenters. The van der Waals surface area contributed by atoms with Crippen molar-refractivity contribution in [3.8, 4) is 16.9 Å². The van der Waals surface area contributed by atoms with E-state index in [1.807, 2.05) is 16.7 Å². The molecule has 0 saturated heterocycles. The van der Waals surface area contributed by atoms with Crippen LogP contribution in [0, 0.1) is 5.82 Å². The molecule has 0 radical (unpaired) electrons. The van der Waals surface area contributed by atoms with E-state index >= 15 is 0 Å². The second kappa shape index (κ2) is 6.59. The number of anilines is 1. The van der Waals surface area contributed by atoms with E-state index in [9.17, 15) is 9.18 Å². The minimum absolute atomic E-state index is 0.0355. The average molecular weight is 411 g/mol. The van der Waals surface area contributed by atoms with E-state index in [1.165, 1.54) is 6.07 Å². The largest absolute Gasteiger partial charge is 0.396 e. The van der Waals surface area contributed by atoms with Crippen LogP contribution in [0.1, 0.15) is 23.2 Å². The van der Waals surface area contributed by atoms with E-state index in [0.717, 1.165) is 18.9 Å². The van der Waals surface area contributed by atoms with Gasteiger partial charge >= 0.3 is 0 Å². The number of nitrogens with one attached hydrogen (secondary N) is 1. The van der Waals surface area contributed by atoms with Gasteiger partial charge < -0.3 is 11.1 Å². The van der Waals surface area contributed by atoms with Crippen molar-refractivity contribution in [1.29, 1.82) is 0 Å². The Balaban J connectivity index is 1.54. The Kier molecular flexibility index (Phi) is 4.02. The number of fused-ring (bicyclic) bond motifs is 1. The lowest BCUT2D eigenvalue weighted by atomic mass is 10.0. The van der Waals surface area contributed by atoms with Gasteiger partial charge in [0.15, 0.2) is 11.5 Å². The number of aromatic nitrogens is 4. The van der Waals surface area contributed by atoms with Crippen LogP contribution in [0.15, 0.2) is 49.1 Å². The third-order valence-corrected chi connectivity index (χ3v) is 5.20. The number of carbonyl (C=O) groups excluding carboxylic acids is 1. The Labute approximate surface area is 169 Å². The first-order valence-corrected chi connectivity index (χ1v) is 9.46. The number of halogens is 2. The molecule has 1 aromatic carbocycles. The summed E-state index contributed by atoms with van der Waals surface area (Å²) in [5.41, 5.74) is 8.27. The van der Waals surface area contributed by atoms with Gasteiger partial charge in [-0.15, -0.1) is 0 Å². The summed E-state index contributed by atoms with van der Waals surface area (Å²) in [5, 5.41) is 7.37. The predicted molar refractivity (Wildman–Crippen MR) is 108 cm³/mol. The summed E-state index contributed by atoms with van der Waals surface area (Å²) in [7, 11) is 0. The van der Waals surface area contributed by atoms with Crippen molar-refractivity contribution in [3.63, 3.8) is 0 Å². The van der Waals surface area contributed by atoms with Crippen molar-refractivity contribution >= 4 is 28.8 Å². The number of nitrogens with zero attached hydrogens (tertiary/aromatic N) is 4. The van der Waals surface area contributed by atoms with Crippen molar-refractivity contribution in [1.82, 2.24) is 24.5 Å². The van der Waals surface area contributed by atoms with Gasteiger partial charge in [0.25, 0.3) is 5.91 Å². The van der Waals surface area contributed by atoms with Gasteiger partial charge in [-0.25, -0.2) is 14.1 Å². The number of pyridine rings is 1. The predicted octanol–water partition coefficient (Wildman–Crippen LogP) is 3.45. The standard InChI is InChI=1S/C20H16ClFN6O/c21-15-7-16(22)14(20(29)26-12-3-4-12)6-13(15)11-8-25-28(10-11)18-9-24-19-17(23)2-1-5-27(18)19/h1-2,5-10,12H,3-4,23H2,(H,26,29). The SMILES string of the molecule is Nc1cccn2c(-n3cc(-c4cc(C(=O)NC5CC5)c(F)cc4Cl)cn3)cnc12. The van der Waals surface area contributed by atoms with E-state index in [2.05, 4.69) is 15.4 Å². The summed E-state index contributed by atoms with van der Waals surface area (Å²) in [4.78, 5) is 16.7. The summed E-state index contributed by atoms with van der Waals surface area (Å²) in [5.74, 6) is -0.405. The number of imidazole rings is 1. The molecule has 9 heteroatoms. The molecule has 0 spiro atoms. The fourth-order valence-corrected chi connectivity index (χ4v) is 3.47. The van der Waals surface area contributed by atoms with Crippen LogP contribution < -0.4 is 11.1 Å². The normalized spacial score (nSPS) is 13.7. The zero-order valence-electron chi connectivity index (χ0n) is 15.1. The Bertz CT molecular complexity index is 1260. The van der Waals surface area contributed by atoms with Crippen LogP contribution in [0.2, 0.25) is 5.02 Å². The van der Waals surface area contributed by atoms with Crippen molar-refractivity contribution in [2.45, 2.75) is 18.9 Å². The summed E-state index contributed by atoms with van der Waals surface area (Å²) < 4.78 is 17.8. The van der Waals surface area contributed by atoms with Crippen LogP contribution in [0.5, 0.6) is 0 Å². The maximum absolute atomic E-state index is 14.3. The monoisotopic (exact) mass is 410 g/mol. The quantitative estimate of drug-likeness (QED) is 0.539. The van der Waals surface area contributed by atoms with Gasteiger partial charge in [-0.2, -0.15) is 5.10 Å². The molecule has 0 bridgehead atoms. The number of rotatable bonds is 4. The molecule has 3 N–H and O–H groups in total. The van der Waals surface area contributed by atoms with Gasteiger partial charge in [0.2, 0.25) is 0 Å². The van der Waals surface area contributed by atoms with Crippen LogP contribution in [0.4, 0.5) is 10.1 Å². The molecule has 1 aliphatic rings. The molecule has 4 aromatic rings. The lowest BCUT2D eigenvalue weighted by Gasteiger charge is -2.08. The molecule has 1 fully saturated rings. The first kappa shape index (κ1) is 17.7. The van der Waals surface area contributed by atoms with Gasteiger partial charge in [-0.3, -0.25) is 9.20 Å². The molecule has 7 nitrogen and oxygen atoms in total. The topological polar surface area (TPSA) is 90.2 Å². The molecule has 3 heterocycles. The Morgan fingerprint density at radius 1 is 1.31 bits per heavy atom. The fourth-order valence-electron chi connectivity index (χ4n) is 3.21. The number of nitrogen functional groups attached to an aromatic ring is 1. The zero-order valence-corrected chi connectivity index (χ0v) is 15.9. The second-order valence-corrected chi connectivity index (χ2v) is 7.41. The van der Waals surface area contributed by atoms with Gasteiger partial charge in [-0.1, -0.05) is 11.6 Å². The van der Waals surface area contributed by atoms with E-state index in [0.29, 0.717) is 28.3 Å². The minimum atomic E-state index is -0.651. The van der Waals surface area contributed by atoms with Gasteiger partial charge in [0.05, 0.1) is 28.7 Å². The summed E-state index contributed by atoms with van der Waals surface area (Å²) in [6, 6.07) is 6.34. The smallest absolute Gasteiger partial charge is 0.254 e. The molecule has 1 aliphatic carbocycles.